The zero-order chi connectivity index (χ0) is 19.2. The Morgan fingerprint density at radius 1 is 0.929 bits per heavy atom. The molecule has 0 spiro atoms. The molecule has 1 atom stereocenters. The van der Waals surface area contributed by atoms with Crippen molar-refractivity contribution in [1.82, 2.24) is 10.2 Å². The van der Waals surface area contributed by atoms with E-state index in [1.165, 1.54) is 11.1 Å². The average molecular weight is 371 g/mol. The van der Waals surface area contributed by atoms with Crippen molar-refractivity contribution in [2.75, 3.05) is 25.0 Å². The molecule has 1 heterocycles. The molecule has 1 amide bonds. The first-order chi connectivity index (χ1) is 13.8. The minimum absolute atomic E-state index is 0.0945. The summed E-state index contributed by atoms with van der Waals surface area (Å²) in [6, 6.07) is 28.6. The molecule has 4 rings (SSSR count). The van der Waals surface area contributed by atoms with Crippen molar-refractivity contribution in [3.05, 3.63) is 102 Å². The van der Waals surface area contributed by atoms with E-state index in [2.05, 4.69) is 34.9 Å². The summed E-state index contributed by atoms with van der Waals surface area (Å²) >= 11 is 0. The molecule has 3 aromatic carbocycles. The molecule has 28 heavy (non-hydrogen) atoms. The molecule has 2 N–H and O–H groups in total. The zero-order valence-corrected chi connectivity index (χ0v) is 15.8. The van der Waals surface area contributed by atoms with Crippen LogP contribution in [0.25, 0.3) is 0 Å². The van der Waals surface area contributed by atoms with Crippen LogP contribution < -0.4 is 10.6 Å². The summed E-state index contributed by atoms with van der Waals surface area (Å²) in [5, 5.41) is 6.91. The third kappa shape index (κ3) is 4.41. The first kappa shape index (κ1) is 18.3. The Balaban J connectivity index is 1.37. The van der Waals surface area contributed by atoms with E-state index in [0.29, 0.717) is 6.54 Å². The number of amides is 1. The Bertz CT molecular complexity index is 894. The van der Waals surface area contributed by atoms with Crippen LogP contribution in [0.1, 0.15) is 27.5 Å². The standard InChI is InChI=1S/C24H25N3O/c28-24(27-16-15-25-23(18-27)20-9-5-2-6-10-20)21-11-13-22(14-12-21)26-17-19-7-3-1-4-8-19/h1-14,23,25-26H,15-18H2. The summed E-state index contributed by atoms with van der Waals surface area (Å²) in [6.45, 7) is 3.00. The van der Waals surface area contributed by atoms with Gasteiger partial charge < -0.3 is 15.5 Å². The predicted octanol–water partition coefficient (Wildman–Crippen LogP) is 4.09. The van der Waals surface area contributed by atoms with E-state index in [4.69, 9.17) is 0 Å². The van der Waals surface area contributed by atoms with Gasteiger partial charge in [0.2, 0.25) is 0 Å². The zero-order valence-electron chi connectivity index (χ0n) is 15.8. The number of nitrogens with zero attached hydrogens (tertiary/aromatic N) is 1. The molecule has 1 aliphatic rings. The molecule has 0 bridgehead atoms. The van der Waals surface area contributed by atoms with E-state index in [1.807, 2.05) is 65.6 Å². The van der Waals surface area contributed by atoms with Gasteiger partial charge in [-0.05, 0) is 35.4 Å². The molecule has 1 unspecified atom stereocenters. The van der Waals surface area contributed by atoms with Crippen LogP contribution in [0.4, 0.5) is 5.69 Å². The fraction of sp³-hybridized carbons (Fsp3) is 0.208. The maximum absolute atomic E-state index is 12.9. The van der Waals surface area contributed by atoms with Gasteiger partial charge in [0.05, 0.1) is 0 Å². The highest BCUT2D eigenvalue weighted by Gasteiger charge is 2.24. The predicted molar refractivity (Wildman–Crippen MR) is 113 cm³/mol. The number of hydrogen-bond acceptors (Lipinski definition) is 3. The molecule has 1 saturated heterocycles. The number of piperazine rings is 1. The van der Waals surface area contributed by atoms with Crippen molar-refractivity contribution in [2.24, 2.45) is 0 Å². The topological polar surface area (TPSA) is 44.4 Å². The first-order valence-corrected chi connectivity index (χ1v) is 9.75. The average Bonchev–Trinajstić information content (AvgIpc) is 2.79. The van der Waals surface area contributed by atoms with Crippen LogP contribution in [-0.2, 0) is 6.54 Å². The maximum atomic E-state index is 12.9. The maximum Gasteiger partial charge on any atom is 0.253 e. The number of carbonyl (C=O) groups is 1. The summed E-state index contributed by atoms with van der Waals surface area (Å²) in [7, 11) is 0. The van der Waals surface area contributed by atoms with Crippen LogP contribution in [-0.4, -0.2) is 30.4 Å². The summed E-state index contributed by atoms with van der Waals surface area (Å²) < 4.78 is 0. The Labute approximate surface area is 166 Å². The lowest BCUT2D eigenvalue weighted by atomic mass is 10.0. The van der Waals surface area contributed by atoms with Gasteiger partial charge in [0, 0.05) is 43.5 Å². The Morgan fingerprint density at radius 3 is 2.32 bits per heavy atom. The van der Waals surface area contributed by atoms with E-state index in [-0.39, 0.29) is 11.9 Å². The van der Waals surface area contributed by atoms with E-state index in [9.17, 15) is 4.79 Å². The Hall–Kier alpha value is -3.11. The lowest BCUT2D eigenvalue weighted by molar-refractivity contribution is 0.0703. The number of hydrogen-bond donors (Lipinski definition) is 2. The van der Waals surface area contributed by atoms with Gasteiger partial charge in [-0.25, -0.2) is 0 Å². The summed E-state index contributed by atoms with van der Waals surface area (Å²) in [4.78, 5) is 14.9. The number of anilines is 1. The van der Waals surface area contributed by atoms with Crippen LogP contribution in [0.2, 0.25) is 0 Å². The fourth-order valence-corrected chi connectivity index (χ4v) is 3.56. The molecule has 4 heteroatoms. The van der Waals surface area contributed by atoms with Crippen molar-refractivity contribution in [2.45, 2.75) is 12.6 Å². The van der Waals surface area contributed by atoms with Gasteiger partial charge in [-0.1, -0.05) is 60.7 Å². The van der Waals surface area contributed by atoms with Gasteiger partial charge in [-0.3, -0.25) is 4.79 Å². The molecule has 1 aliphatic heterocycles. The SMILES string of the molecule is O=C(c1ccc(NCc2ccccc2)cc1)N1CCNC(c2ccccc2)C1. The molecular weight excluding hydrogens is 346 g/mol. The summed E-state index contributed by atoms with van der Waals surface area (Å²) in [5.41, 5.74) is 4.21. The largest absolute Gasteiger partial charge is 0.381 e. The van der Waals surface area contributed by atoms with E-state index < -0.39 is 0 Å². The van der Waals surface area contributed by atoms with Crippen LogP contribution in [0.15, 0.2) is 84.9 Å². The van der Waals surface area contributed by atoms with Crippen LogP contribution in [0, 0.1) is 0 Å². The second-order valence-corrected chi connectivity index (χ2v) is 7.09. The number of carbonyl (C=O) groups excluding carboxylic acids is 1. The lowest BCUT2D eigenvalue weighted by Crippen LogP contribution is -2.48. The highest BCUT2D eigenvalue weighted by atomic mass is 16.2. The molecule has 4 nitrogen and oxygen atoms in total. The molecular formula is C24H25N3O. The highest BCUT2D eigenvalue weighted by Crippen LogP contribution is 2.19. The molecule has 0 saturated carbocycles. The number of rotatable bonds is 5. The van der Waals surface area contributed by atoms with Crippen molar-refractivity contribution in [3.63, 3.8) is 0 Å². The van der Waals surface area contributed by atoms with Crippen LogP contribution in [0.3, 0.4) is 0 Å². The van der Waals surface area contributed by atoms with Crippen LogP contribution in [0.5, 0.6) is 0 Å². The minimum Gasteiger partial charge on any atom is -0.381 e. The minimum atomic E-state index is 0.0945. The van der Waals surface area contributed by atoms with E-state index in [1.54, 1.807) is 0 Å². The van der Waals surface area contributed by atoms with Gasteiger partial charge >= 0.3 is 0 Å². The molecule has 0 radical (unpaired) electrons. The van der Waals surface area contributed by atoms with Gasteiger partial charge in [0.15, 0.2) is 0 Å². The van der Waals surface area contributed by atoms with Crippen LogP contribution >= 0.6 is 0 Å². The molecule has 0 aromatic heterocycles. The second-order valence-electron chi connectivity index (χ2n) is 7.09. The molecule has 3 aromatic rings. The quantitative estimate of drug-likeness (QED) is 0.710. The number of benzene rings is 3. The van der Waals surface area contributed by atoms with Crippen molar-refractivity contribution in [1.29, 1.82) is 0 Å². The van der Waals surface area contributed by atoms with Crippen molar-refractivity contribution >= 4 is 11.6 Å². The molecule has 142 valence electrons. The van der Waals surface area contributed by atoms with Gasteiger partial charge in [0.1, 0.15) is 0 Å². The summed E-state index contributed by atoms with van der Waals surface area (Å²) in [6.07, 6.45) is 0. The molecule has 0 aliphatic carbocycles. The first-order valence-electron chi connectivity index (χ1n) is 9.75. The Kier molecular flexibility index (Phi) is 5.69. The fourth-order valence-electron chi connectivity index (χ4n) is 3.56. The van der Waals surface area contributed by atoms with Gasteiger partial charge in [-0.15, -0.1) is 0 Å². The number of nitrogens with one attached hydrogen (secondary N) is 2. The lowest BCUT2D eigenvalue weighted by Gasteiger charge is -2.34. The van der Waals surface area contributed by atoms with E-state index in [0.717, 1.165) is 30.9 Å². The van der Waals surface area contributed by atoms with E-state index >= 15 is 0 Å². The third-order valence-electron chi connectivity index (χ3n) is 5.14. The van der Waals surface area contributed by atoms with Crippen molar-refractivity contribution < 1.29 is 4.79 Å². The normalized spacial score (nSPS) is 16.6. The monoisotopic (exact) mass is 371 g/mol. The smallest absolute Gasteiger partial charge is 0.253 e. The van der Waals surface area contributed by atoms with Crippen molar-refractivity contribution in [3.8, 4) is 0 Å². The molecule has 1 fully saturated rings. The third-order valence-corrected chi connectivity index (χ3v) is 5.14. The highest BCUT2D eigenvalue weighted by molar-refractivity contribution is 5.94. The summed E-state index contributed by atoms with van der Waals surface area (Å²) in [5.74, 6) is 0.0945. The second kappa shape index (κ2) is 8.72. The van der Waals surface area contributed by atoms with Gasteiger partial charge in [0.25, 0.3) is 5.91 Å². The van der Waals surface area contributed by atoms with Gasteiger partial charge in [-0.2, -0.15) is 0 Å². The Morgan fingerprint density at radius 2 is 1.61 bits per heavy atom.